The summed E-state index contributed by atoms with van der Waals surface area (Å²) < 4.78 is 2.24. The number of hydrogen-bond donors (Lipinski definition) is 2. The Balaban J connectivity index is 1.90. The predicted molar refractivity (Wildman–Crippen MR) is 87.8 cm³/mol. The first kappa shape index (κ1) is 13.6. The molecule has 0 fully saturated rings. The summed E-state index contributed by atoms with van der Waals surface area (Å²) in [6, 6.07) is 14.1. The number of benzene rings is 2. The van der Waals surface area contributed by atoms with Gasteiger partial charge in [-0.05, 0) is 49.2 Å². The molecule has 0 spiro atoms. The summed E-state index contributed by atoms with van der Waals surface area (Å²) in [6.07, 6.45) is 0. The standard InChI is InChI=1S/C18H20N2O/c1-12-10-14(8-9-18(12)21)19-11-17-13(2)15-6-4-5-7-16(15)20(17)3/h4-10,19,21H,11H2,1-3H3. The van der Waals surface area contributed by atoms with Crippen molar-refractivity contribution in [3.8, 4) is 5.75 Å². The number of phenolic OH excluding ortho intramolecular Hbond substituents is 1. The molecule has 0 unspecified atom stereocenters. The lowest BCUT2D eigenvalue weighted by atomic mass is 10.1. The molecule has 108 valence electrons. The maximum atomic E-state index is 9.58. The van der Waals surface area contributed by atoms with E-state index in [4.69, 9.17) is 0 Å². The number of anilines is 1. The molecule has 0 aliphatic rings. The van der Waals surface area contributed by atoms with E-state index in [1.165, 1.54) is 22.2 Å². The van der Waals surface area contributed by atoms with E-state index in [0.717, 1.165) is 17.8 Å². The van der Waals surface area contributed by atoms with Gasteiger partial charge in [0.15, 0.2) is 0 Å². The number of fused-ring (bicyclic) bond motifs is 1. The zero-order valence-corrected chi connectivity index (χ0v) is 12.6. The van der Waals surface area contributed by atoms with E-state index in [0.29, 0.717) is 5.75 Å². The van der Waals surface area contributed by atoms with Crippen molar-refractivity contribution in [3.63, 3.8) is 0 Å². The molecule has 1 heterocycles. The molecule has 3 rings (SSSR count). The van der Waals surface area contributed by atoms with Gasteiger partial charge in [0, 0.05) is 29.3 Å². The van der Waals surface area contributed by atoms with Crippen LogP contribution < -0.4 is 5.32 Å². The van der Waals surface area contributed by atoms with E-state index in [-0.39, 0.29) is 0 Å². The highest BCUT2D eigenvalue weighted by atomic mass is 16.3. The number of rotatable bonds is 3. The lowest BCUT2D eigenvalue weighted by molar-refractivity contribution is 0.471. The molecule has 0 bridgehead atoms. The average molecular weight is 280 g/mol. The number of aryl methyl sites for hydroxylation is 3. The normalized spacial score (nSPS) is 11.0. The molecule has 1 aromatic heterocycles. The van der Waals surface area contributed by atoms with Crippen LogP contribution in [0.15, 0.2) is 42.5 Å². The Labute approximate surface area is 124 Å². The summed E-state index contributed by atoms with van der Waals surface area (Å²) in [5.74, 6) is 0.335. The van der Waals surface area contributed by atoms with Gasteiger partial charge in [-0.25, -0.2) is 0 Å². The van der Waals surface area contributed by atoms with Gasteiger partial charge in [0.1, 0.15) is 5.75 Å². The van der Waals surface area contributed by atoms with Crippen molar-refractivity contribution in [1.29, 1.82) is 0 Å². The van der Waals surface area contributed by atoms with Gasteiger partial charge < -0.3 is 15.0 Å². The van der Waals surface area contributed by atoms with Gasteiger partial charge in [-0.3, -0.25) is 0 Å². The Kier molecular flexibility index (Phi) is 3.34. The van der Waals surface area contributed by atoms with Crippen LogP contribution in [-0.4, -0.2) is 9.67 Å². The lowest BCUT2D eigenvalue weighted by Crippen LogP contribution is -2.05. The first-order valence-corrected chi connectivity index (χ1v) is 7.14. The average Bonchev–Trinajstić information content (AvgIpc) is 2.73. The lowest BCUT2D eigenvalue weighted by Gasteiger charge is -2.10. The van der Waals surface area contributed by atoms with Crippen molar-refractivity contribution in [2.45, 2.75) is 20.4 Å². The van der Waals surface area contributed by atoms with E-state index in [9.17, 15) is 5.11 Å². The van der Waals surface area contributed by atoms with Crippen molar-refractivity contribution in [2.75, 3.05) is 5.32 Å². The highest BCUT2D eigenvalue weighted by molar-refractivity contribution is 5.85. The van der Waals surface area contributed by atoms with Crippen molar-refractivity contribution in [1.82, 2.24) is 4.57 Å². The number of aromatic nitrogens is 1. The van der Waals surface area contributed by atoms with Gasteiger partial charge in [0.25, 0.3) is 0 Å². The summed E-state index contributed by atoms with van der Waals surface area (Å²) in [5.41, 5.74) is 5.76. The number of aromatic hydroxyl groups is 1. The van der Waals surface area contributed by atoms with Gasteiger partial charge in [-0.1, -0.05) is 18.2 Å². The summed E-state index contributed by atoms with van der Waals surface area (Å²) in [5, 5.41) is 14.3. The van der Waals surface area contributed by atoms with Crippen LogP contribution in [0.4, 0.5) is 5.69 Å². The molecule has 3 aromatic rings. The third-order valence-corrected chi connectivity index (χ3v) is 4.16. The van der Waals surface area contributed by atoms with Gasteiger partial charge in [0.2, 0.25) is 0 Å². The molecular formula is C18H20N2O. The van der Waals surface area contributed by atoms with Gasteiger partial charge in [-0.15, -0.1) is 0 Å². The molecule has 0 radical (unpaired) electrons. The van der Waals surface area contributed by atoms with Crippen LogP contribution in [0.2, 0.25) is 0 Å². The fraction of sp³-hybridized carbons (Fsp3) is 0.222. The van der Waals surface area contributed by atoms with E-state index in [2.05, 4.69) is 48.1 Å². The molecule has 3 heteroatoms. The molecule has 0 saturated heterocycles. The molecule has 0 saturated carbocycles. The summed E-state index contributed by atoms with van der Waals surface area (Å²) >= 11 is 0. The summed E-state index contributed by atoms with van der Waals surface area (Å²) in [7, 11) is 2.11. The third-order valence-electron chi connectivity index (χ3n) is 4.16. The molecule has 0 aliphatic heterocycles. The maximum absolute atomic E-state index is 9.58. The molecule has 3 nitrogen and oxygen atoms in total. The first-order valence-electron chi connectivity index (χ1n) is 7.14. The molecular weight excluding hydrogens is 260 g/mol. The highest BCUT2D eigenvalue weighted by Gasteiger charge is 2.10. The molecule has 2 aromatic carbocycles. The van der Waals surface area contributed by atoms with Gasteiger partial charge in [0.05, 0.1) is 6.54 Å². The highest BCUT2D eigenvalue weighted by Crippen LogP contribution is 2.26. The summed E-state index contributed by atoms with van der Waals surface area (Å²) in [4.78, 5) is 0. The Morgan fingerprint density at radius 1 is 1.10 bits per heavy atom. The van der Waals surface area contributed by atoms with Crippen molar-refractivity contribution >= 4 is 16.6 Å². The second-order valence-electron chi connectivity index (χ2n) is 5.50. The van der Waals surface area contributed by atoms with Gasteiger partial charge >= 0.3 is 0 Å². The van der Waals surface area contributed by atoms with Crippen molar-refractivity contribution in [3.05, 3.63) is 59.3 Å². The largest absolute Gasteiger partial charge is 0.508 e. The maximum Gasteiger partial charge on any atom is 0.118 e. The second kappa shape index (κ2) is 5.17. The van der Waals surface area contributed by atoms with E-state index >= 15 is 0 Å². The number of nitrogens with zero attached hydrogens (tertiary/aromatic N) is 1. The third kappa shape index (κ3) is 2.35. The zero-order valence-electron chi connectivity index (χ0n) is 12.6. The van der Waals surface area contributed by atoms with Gasteiger partial charge in [-0.2, -0.15) is 0 Å². The topological polar surface area (TPSA) is 37.2 Å². The first-order chi connectivity index (χ1) is 10.1. The molecule has 2 N–H and O–H groups in total. The van der Waals surface area contributed by atoms with Crippen LogP contribution in [-0.2, 0) is 13.6 Å². The number of nitrogens with one attached hydrogen (secondary N) is 1. The van der Waals surface area contributed by atoms with Crippen LogP contribution in [0, 0.1) is 13.8 Å². The van der Waals surface area contributed by atoms with Crippen LogP contribution in [0.5, 0.6) is 5.75 Å². The molecule has 0 amide bonds. The minimum atomic E-state index is 0.335. The molecule has 21 heavy (non-hydrogen) atoms. The molecule has 0 aliphatic carbocycles. The fourth-order valence-corrected chi connectivity index (χ4v) is 2.84. The summed E-state index contributed by atoms with van der Waals surface area (Å²) in [6.45, 7) is 4.84. The smallest absolute Gasteiger partial charge is 0.118 e. The number of hydrogen-bond acceptors (Lipinski definition) is 2. The van der Waals surface area contributed by atoms with E-state index in [1.54, 1.807) is 6.07 Å². The Hall–Kier alpha value is -2.42. The quantitative estimate of drug-likeness (QED) is 0.708. The van der Waals surface area contributed by atoms with Crippen LogP contribution in [0.3, 0.4) is 0 Å². The minimum Gasteiger partial charge on any atom is -0.508 e. The Morgan fingerprint density at radius 3 is 2.57 bits per heavy atom. The minimum absolute atomic E-state index is 0.335. The Morgan fingerprint density at radius 2 is 1.86 bits per heavy atom. The van der Waals surface area contributed by atoms with Crippen molar-refractivity contribution < 1.29 is 5.11 Å². The van der Waals surface area contributed by atoms with Crippen LogP contribution in [0.25, 0.3) is 10.9 Å². The molecule has 0 atom stereocenters. The fourth-order valence-electron chi connectivity index (χ4n) is 2.84. The van der Waals surface area contributed by atoms with Crippen molar-refractivity contribution in [2.24, 2.45) is 7.05 Å². The zero-order chi connectivity index (χ0) is 15.0. The van der Waals surface area contributed by atoms with Crippen LogP contribution >= 0.6 is 0 Å². The monoisotopic (exact) mass is 280 g/mol. The predicted octanol–water partition coefficient (Wildman–Crippen LogP) is 4.11. The second-order valence-corrected chi connectivity index (χ2v) is 5.50. The SMILES string of the molecule is Cc1cc(NCc2c(C)c3ccccc3n2C)ccc1O. The number of para-hydroxylation sites is 1. The van der Waals surface area contributed by atoms with E-state index in [1.807, 2.05) is 19.1 Å². The Bertz CT molecular complexity index is 763. The van der Waals surface area contributed by atoms with E-state index < -0.39 is 0 Å². The number of phenols is 1. The van der Waals surface area contributed by atoms with Crippen LogP contribution in [0.1, 0.15) is 16.8 Å².